The number of piperidine rings is 1. The van der Waals surface area contributed by atoms with E-state index in [-0.39, 0.29) is 17.6 Å². The molecule has 1 amide bonds. The van der Waals surface area contributed by atoms with Crippen LogP contribution in [0.2, 0.25) is 0 Å². The summed E-state index contributed by atoms with van der Waals surface area (Å²) in [6.45, 7) is 1.95. The van der Waals surface area contributed by atoms with E-state index in [1.807, 2.05) is 36.4 Å². The van der Waals surface area contributed by atoms with Crippen molar-refractivity contribution in [2.45, 2.75) is 31.7 Å². The molecule has 27 heavy (non-hydrogen) atoms. The van der Waals surface area contributed by atoms with Crippen molar-refractivity contribution in [2.24, 2.45) is 5.92 Å². The van der Waals surface area contributed by atoms with Crippen LogP contribution in [0.4, 0.5) is 0 Å². The molecule has 4 rings (SSSR count). The van der Waals surface area contributed by atoms with Crippen molar-refractivity contribution in [1.82, 2.24) is 10.2 Å². The van der Waals surface area contributed by atoms with Crippen LogP contribution >= 0.6 is 0 Å². The molecule has 1 saturated carbocycles. The molecule has 1 unspecified atom stereocenters. The Morgan fingerprint density at radius 1 is 1.11 bits per heavy atom. The molecule has 142 valence electrons. The van der Waals surface area contributed by atoms with Crippen molar-refractivity contribution in [3.05, 3.63) is 42.0 Å². The average Bonchev–Trinajstić information content (AvgIpc) is 3.50. The normalized spacial score (nSPS) is 20.4. The molecular formula is C22H26N2O3. The maximum absolute atomic E-state index is 13.0. The minimum absolute atomic E-state index is 0.0387. The molecule has 1 atom stereocenters. The van der Waals surface area contributed by atoms with E-state index in [1.54, 1.807) is 7.11 Å². The number of hydrogen-bond acceptors (Lipinski definition) is 4. The first-order chi connectivity index (χ1) is 13.1. The highest BCUT2D eigenvalue weighted by molar-refractivity contribution is 6.01. The van der Waals surface area contributed by atoms with E-state index in [4.69, 9.17) is 4.74 Å². The molecule has 1 heterocycles. The first-order valence-electron chi connectivity index (χ1n) is 9.76. The fourth-order valence-electron chi connectivity index (χ4n) is 3.86. The molecule has 5 nitrogen and oxygen atoms in total. The molecule has 1 saturated heterocycles. The van der Waals surface area contributed by atoms with E-state index in [2.05, 4.69) is 10.2 Å². The van der Waals surface area contributed by atoms with Gasteiger partial charge in [0.15, 0.2) is 5.78 Å². The zero-order valence-electron chi connectivity index (χ0n) is 15.7. The Morgan fingerprint density at radius 2 is 1.89 bits per heavy atom. The number of nitrogens with one attached hydrogen (secondary N) is 1. The van der Waals surface area contributed by atoms with Gasteiger partial charge in [-0.15, -0.1) is 0 Å². The van der Waals surface area contributed by atoms with E-state index >= 15 is 0 Å². The fraction of sp³-hybridized carbons (Fsp3) is 0.455. The number of carbonyl (C=O) groups excluding carboxylic acids is 2. The molecule has 1 aliphatic carbocycles. The quantitative estimate of drug-likeness (QED) is 0.799. The molecule has 0 radical (unpaired) electrons. The molecule has 2 aromatic carbocycles. The van der Waals surface area contributed by atoms with Crippen molar-refractivity contribution in [2.75, 3.05) is 26.7 Å². The highest BCUT2D eigenvalue weighted by Crippen LogP contribution is 2.26. The number of likely N-dealkylation sites (tertiary alicyclic amines) is 1. The number of carbonyl (C=O) groups is 2. The Kier molecular flexibility index (Phi) is 5.12. The van der Waals surface area contributed by atoms with Gasteiger partial charge in [-0.3, -0.25) is 14.5 Å². The SMILES string of the molecule is COc1ccc2cc(C(=O)C3CCCN(CC(=O)NC4CC4)C3)ccc2c1. The molecule has 2 fully saturated rings. The Balaban J connectivity index is 1.43. The molecular weight excluding hydrogens is 340 g/mol. The Hall–Kier alpha value is -2.40. The number of nitrogens with zero attached hydrogens (tertiary/aromatic N) is 1. The van der Waals surface area contributed by atoms with Crippen molar-refractivity contribution >= 4 is 22.5 Å². The van der Waals surface area contributed by atoms with Gasteiger partial charge in [-0.2, -0.15) is 0 Å². The first-order valence-corrected chi connectivity index (χ1v) is 9.76. The van der Waals surface area contributed by atoms with E-state index in [1.165, 1.54) is 0 Å². The molecule has 2 aromatic rings. The molecule has 0 bridgehead atoms. The van der Waals surface area contributed by atoms with Gasteiger partial charge in [0.1, 0.15) is 5.75 Å². The highest BCUT2D eigenvalue weighted by atomic mass is 16.5. The van der Waals surface area contributed by atoms with Crippen molar-refractivity contribution in [1.29, 1.82) is 0 Å². The number of ketones is 1. The van der Waals surface area contributed by atoms with Gasteiger partial charge in [0.2, 0.25) is 5.91 Å². The number of benzene rings is 2. The van der Waals surface area contributed by atoms with Crippen molar-refractivity contribution in [3.8, 4) is 5.75 Å². The van der Waals surface area contributed by atoms with Crippen LogP contribution in [0.5, 0.6) is 5.75 Å². The van der Waals surface area contributed by atoms with Crippen LogP contribution in [-0.2, 0) is 4.79 Å². The number of methoxy groups -OCH3 is 1. The molecule has 1 aliphatic heterocycles. The molecule has 0 spiro atoms. The van der Waals surface area contributed by atoms with Crippen LogP contribution in [-0.4, -0.2) is 49.4 Å². The van der Waals surface area contributed by atoms with Crippen LogP contribution in [0.1, 0.15) is 36.0 Å². The maximum atomic E-state index is 13.0. The lowest BCUT2D eigenvalue weighted by molar-refractivity contribution is -0.122. The van der Waals surface area contributed by atoms with Crippen LogP contribution in [0.25, 0.3) is 10.8 Å². The second-order valence-corrected chi connectivity index (χ2v) is 7.71. The molecule has 1 N–H and O–H groups in total. The van der Waals surface area contributed by atoms with Crippen LogP contribution in [0, 0.1) is 5.92 Å². The monoisotopic (exact) mass is 366 g/mol. The lowest BCUT2D eigenvalue weighted by Gasteiger charge is -2.31. The summed E-state index contributed by atoms with van der Waals surface area (Å²) in [6.07, 6.45) is 4.04. The first kappa shape index (κ1) is 18.0. The van der Waals surface area contributed by atoms with E-state index < -0.39 is 0 Å². The Bertz CT molecular complexity index is 860. The summed E-state index contributed by atoms with van der Waals surface area (Å²) in [5.41, 5.74) is 0.752. The van der Waals surface area contributed by atoms with Crippen molar-refractivity contribution in [3.63, 3.8) is 0 Å². The minimum atomic E-state index is -0.0387. The molecule has 0 aromatic heterocycles. The third-order valence-electron chi connectivity index (χ3n) is 5.52. The summed E-state index contributed by atoms with van der Waals surface area (Å²) in [6, 6.07) is 12.1. The van der Waals surface area contributed by atoms with Gasteiger partial charge in [-0.05, 0) is 61.2 Å². The summed E-state index contributed by atoms with van der Waals surface area (Å²) >= 11 is 0. The second kappa shape index (κ2) is 7.69. The Labute approximate surface area is 159 Å². The van der Waals surface area contributed by atoms with Crippen LogP contribution < -0.4 is 10.1 Å². The number of hydrogen-bond donors (Lipinski definition) is 1. The number of fused-ring (bicyclic) bond motifs is 1. The second-order valence-electron chi connectivity index (χ2n) is 7.71. The standard InChI is InChI=1S/C22H26N2O3/c1-27-20-9-6-15-11-17(5-4-16(15)12-20)22(26)18-3-2-10-24(13-18)14-21(25)23-19-7-8-19/h4-6,9,11-12,18-19H,2-3,7-8,10,13-14H2,1H3,(H,23,25). The zero-order chi connectivity index (χ0) is 18.8. The van der Waals surface area contributed by atoms with E-state index in [0.29, 0.717) is 19.1 Å². The van der Waals surface area contributed by atoms with Crippen LogP contribution in [0.3, 0.4) is 0 Å². The summed E-state index contributed by atoms with van der Waals surface area (Å²) in [5.74, 6) is 1.04. The molecule has 2 aliphatic rings. The minimum Gasteiger partial charge on any atom is -0.497 e. The largest absolute Gasteiger partial charge is 0.497 e. The van der Waals surface area contributed by atoms with Gasteiger partial charge in [0, 0.05) is 24.1 Å². The predicted octanol–water partition coefficient (Wildman–Crippen LogP) is 3.02. The Morgan fingerprint density at radius 3 is 2.67 bits per heavy atom. The highest BCUT2D eigenvalue weighted by Gasteiger charge is 2.29. The van der Waals surface area contributed by atoms with Crippen LogP contribution in [0.15, 0.2) is 36.4 Å². The number of rotatable bonds is 6. The van der Waals surface area contributed by atoms with Gasteiger partial charge >= 0.3 is 0 Å². The van der Waals surface area contributed by atoms with E-state index in [0.717, 1.165) is 54.3 Å². The lowest BCUT2D eigenvalue weighted by atomic mass is 9.89. The van der Waals surface area contributed by atoms with E-state index in [9.17, 15) is 9.59 Å². The summed E-state index contributed by atoms with van der Waals surface area (Å²) < 4.78 is 5.26. The molecule has 5 heteroatoms. The fourth-order valence-corrected chi connectivity index (χ4v) is 3.86. The average molecular weight is 366 g/mol. The van der Waals surface area contributed by atoms with Gasteiger partial charge < -0.3 is 10.1 Å². The third kappa shape index (κ3) is 4.30. The van der Waals surface area contributed by atoms with Crippen molar-refractivity contribution < 1.29 is 14.3 Å². The number of ether oxygens (including phenoxy) is 1. The number of amides is 1. The predicted molar refractivity (Wildman–Crippen MR) is 105 cm³/mol. The third-order valence-corrected chi connectivity index (χ3v) is 5.52. The summed E-state index contributed by atoms with van der Waals surface area (Å²) in [7, 11) is 1.65. The number of Topliss-reactive ketones (excluding diaryl/α,β-unsaturated/α-hetero) is 1. The lowest BCUT2D eigenvalue weighted by Crippen LogP contribution is -2.44. The smallest absolute Gasteiger partial charge is 0.234 e. The maximum Gasteiger partial charge on any atom is 0.234 e. The van der Waals surface area contributed by atoms with Gasteiger partial charge in [-0.25, -0.2) is 0 Å². The topological polar surface area (TPSA) is 58.6 Å². The van der Waals surface area contributed by atoms with Gasteiger partial charge in [0.05, 0.1) is 13.7 Å². The summed E-state index contributed by atoms with van der Waals surface area (Å²) in [4.78, 5) is 27.2. The zero-order valence-corrected chi connectivity index (χ0v) is 15.7. The summed E-state index contributed by atoms with van der Waals surface area (Å²) in [5, 5.41) is 5.13. The van der Waals surface area contributed by atoms with Gasteiger partial charge in [-0.1, -0.05) is 18.2 Å². The van der Waals surface area contributed by atoms with Gasteiger partial charge in [0.25, 0.3) is 0 Å².